The summed E-state index contributed by atoms with van der Waals surface area (Å²) in [5.41, 5.74) is 1.98. The van der Waals surface area contributed by atoms with Gasteiger partial charge in [-0.15, -0.1) is 0 Å². The van der Waals surface area contributed by atoms with Gasteiger partial charge in [-0.2, -0.15) is 4.72 Å². The number of benzene rings is 2. The number of rotatable bonds is 9. The predicted molar refractivity (Wildman–Crippen MR) is 130 cm³/mol. The zero-order valence-corrected chi connectivity index (χ0v) is 20.9. The predicted octanol–water partition coefficient (Wildman–Crippen LogP) is 2.94. The molecule has 0 bridgehead atoms. The molecule has 2 aromatic rings. The summed E-state index contributed by atoms with van der Waals surface area (Å²) in [6.07, 6.45) is 0.962. The molecule has 10 heteroatoms. The summed E-state index contributed by atoms with van der Waals surface area (Å²) in [5.74, 6) is 0.140. The highest BCUT2D eigenvalue weighted by Crippen LogP contribution is 2.32. The van der Waals surface area contributed by atoms with E-state index in [1.165, 1.54) is 20.3 Å². The molecule has 0 aliphatic carbocycles. The van der Waals surface area contributed by atoms with Crippen LogP contribution in [0.2, 0.25) is 0 Å². The van der Waals surface area contributed by atoms with Crippen molar-refractivity contribution in [3.05, 3.63) is 42.0 Å². The summed E-state index contributed by atoms with van der Waals surface area (Å²) >= 11 is 0. The Hall–Kier alpha value is -3.11. The van der Waals surface area contributed by atoms with E-state index >= 15 is 0 Å². The van der Waals surface area contributed by atoms with Gasteiger partial charge >= 0.3 is 0 Å². The van der Waals surface area contributed by atoms with Gasteiger partial charge in [0.25, 0.3) is 0 Å². The van der Waals surface area contributed by atoms with E-state index in [-0.39, 0.29) is 16.7 Å². The molecule has 2 amide bonds. The summed E-state index contributed by atoms with van der Waals surface area (Å²) < 4.78 is 39.3. The molecule has 0 fully saturated rings. The Balaban J connectivity index is 1.80. The molecule has 0 saturated heterocycles. The minimum atomic E-state index is -3.99. The molecule has 0 aromatic heterocycles. The van der Waals surface area contributed by atoms with E-state index in [4.69, 9.17) is 9.47 Å². The fourth-order valence-corrected chi connectivity index (χ4v) is 5.25. The molecule has 0 unspecified atom stereocenters. The number of methoxy groups -OCH3 is 2. The number of ether oxygens (including phenoxy) is 2. The zero-order chi connectivity index (χ0) is 25.0. The van der Waals surface area contributed by atoms with E-state index in [9.17, 15) is 18.0 Å². The highest BCUT2D eigenvalue weighted by Gasteiger charge is 2.30. The lowest BCUT2D eigenvalue weighted by Crippen LogP contribution is -2.47. The number of sulfonamides is 1. The molecule has 2 aromatic carbocycles. The lowest BCUT2D eigenvalue weighted by atomic mass is 10.0. The number of fused-ring (bicyclic) bond motifs is 1. The molecule has 0 saturated carbocycles. The van der Waals surface area contributed by atoms with Crippen LogP contribution in [0.3, 0.4) is 0 Å². The van der Waals surface area contributed by atoms with Gasteiger partial charge in [-0.05, 0) is 48.2 Å². The maximum Gasteiger partial charge on any atom is 0.242 e. The summed E-state index contributed by atoms with van der Waals surface area (Å²) in [7, 11) is -0.989. The summed E-state index contributed by atoms with van der Waals surface area (Å²) in [6.45, 7) is 5.85. The maximum absolute atomic E-state index is 13.2. The van der Waals surface area contributed by atoms with Crippen molar-refractivity contribution >= 4 is 33.2 Å². The van der Waals surface area contributed by atoms with Crippen LogP contribution in [-0.4, -0.2) is 47.0 Å². The van der Waals surface area contributed by atoms with Crippen LogP contribution in [-0.2, 0) is 26.0 Å². The van der Waals surface area contributed by atoms with Gasteiger partial charge in [0.05, 0.1) is 19.1 Å². The second-order valence-electron chi connectivity index (χ2n) is 8.34. The van der Waals surface area contributed by atoms with Crippen LogP contribution in [0.25, 0.3) is 0 Å². The van der Waals surface area contributed by atoms with Crippen LogP contribution in [0.15, 0.2) is 41.3 Å². The Morgan fingerprint density at radius 1 is 1.06 bits per heavy atom. The Kier molecular flexibility index (Phi) is 7.83. The first-order valence-corrected chi connectivity index (χ1v) is 12.6. The molecule has 1 heterocycles. The van der Waals surface area contributed by atoms with Crippen molar-refractivity contribution in [3.63, 3.8) is 0 Å². The van der Waals surface area contributed by atoms with Crippen molar-refractivity contribution in [2.75, 3.05) is 31.0 Å². The molecule has 34 heavy (non-hydrogen) atoms. The van der Waals surface area contributed by atoms with Crippen LogP contribution in [0.4, 0.5) is 11.4 Å². The molecule has 184 valence electrons. The van der Waals surface area contributed by atoms with Gasteiger partial charge < -0.3 is 19.7 Å². The van der Waals surface area contributed by atoms with Crippen molar-refractivity contribution in [3.8, 4) is 11.5 Å². The van der Waals surface area contributed by atoms with Gasteiger partial charge in [0.15, 0.2) is 11.5 Å². The third kappa shape index (κ3) is 5.34. The van der Waals surface area contributed by atoms with Gasteiger partial charge in [0.1, 0.15) is 6.04 Å². The molecule has 2 N–H and O–H groups in total. The van der Waals surface area contributed by atoms with Gasteiger partial charge in [-0.25, -0.2) is 8.42 Å². The highest BCUT2D eigenvalue weighted by molar-refractivity contribution is 7.89. The van der Waals surface area contributed by atoms with Crippen molar-refractivity contribution < 1.29 is 27.5 Å². The number of nitrogens with zero attached hydrogens (tertiary/aromatic N) is 1. The minimum Gasteiger partial charge on any atom is -0.493 e. The number of carbonyl (C=O) groups is 2. The monoisotopic (exact) mass is 489 g/mol. The molecule has 0 radical (unpaired) electrons. The fourth-order valence-electron chi connectivity index (χ4n) is 3.86. The van der Waals surface area contributed by atoms with E-state index in [2.05, 4.69) is 10.0 Å². The van der Waals surface area contributed by atoms with Crippen LogP contribution in [0.5, 0.6) is 11.5 Å². The van der Waals surface area contributed by atoms with Crippen molar-refractivity contribution in [1.82, 2.24) is 4.72 Å². The Labute approximate surface area is 200 Å². The molecule has 1 aliphatic rings. The maximum atomic E-state index is 13.2. The molecule has 1 aliphatic heterocycles. The van der Waals surface area contributed by atoms with E-state index in [1.807, 2.05) is 0 Å². The quantitative estimate of drug-likeness (QED) is 0.560. The van der Waals surface area contributed by atoms with E-state index < -0.39 is 22.0 Å². The van der Waals surface area contributed by atoms with E-state index in [1.54, 1.807) is 56.0 Å². The third-order valence-corrected chi connectivity index (χ3v) is 7.18. The minimum absolute atomic E-state index is 0.000752. The average Bonchev–Trinajstić information content (AvgIpc) is 3.25. The van der Waals surface area contributed by atoms with Crippen LogP contribution >= 0.6 is 0 Å². The number of hydrogen-bond donors (Lipinski definition) is 2. The first-order chi connectivity index (χ1) is 16.1. The number of anilines is 2. The zero-order valence-electron chi connectivity index (χ0n) is 20.0. The van der Waals surface area contributed by atoms with Gasteiger partial charge in [0, 0.05) is 30.4 Å². The number of carbonyl (C=O) groups excluding carboxylic acids is 2. The third-order valence-electron chi connectivity index (χ3n) is 5.74. The fraction of sp³-hybridized carbons (Fsp3) is 0.417. The average molecular weight is 490 g/mol. The first kappa shape index (κ1) is 25.5. The molecule has 1 atom stereocenters. The molecular weight excluding hydrogens is 458 g/mol. The largest absolute Gasteiger partial charge is 0.493 e. The normalized spacial score (nSPS) is 14.0. The van der Waals surface area contributed by atoms with Crippen molar-refractivity contribution in [2.24, 2.45) is 5.92 Å². The van der Waals surface area contributed by atoms with E-state index in [0.29, 0.717) is 36.6 Å². The lowest BCUT2D eigenvalue weighted by molar-refractivity contribution is -0.119. The van der Waals surface area contributed by atoms with Crippen molar-refractivity contribution in [1.29, 1.82) is 0 Å². The summed E-state index contributed by atoms with van der Waals surface area (Å²) in [5, 5.41) is 2.74. The topological polar surface area (TPSA) is 114 Å². The number of amides is 2. The standard InChI is InChI=1S/C24H31N3O6S/c1-6-22(28)27-12-11-16-13-18(8-9-19(16)27)34(30,31)26-23(15(2)3)24(29)25-17-7-10-20(32-4)21(14-17)33-5/h7-10,13-15,23,26H,6,11-12H2,1-5H3,(H,25,29)/t23-/m1/s1. The van der Waals surface area contributed by atoms with Crippen LogP contribution < -0.4 is 24.4 Å². The SMILES string of the molecule is CCC(=O)N1CCc2cc(S(=O)(=O)N[C@@H](C(=O)Nc3ccc(OC)c(OC)c3)C(C)C)ccc21. The first-order valence-electron chi connectivity index (χ1n) is 11.1. The summed E-state index contributed by atoms with van der Waals surface area (Å²) in [4.78, 5) is 26.8. The van der Waals surface area contributed by atoms with Crippen LogP contribution in [0, 0.1) is 5.92 Å². The number of nitrogens with one attached hydrogen (secondary N) is 2. The molecule has 9 nitrogen and oxygen atoms in total. The van der Waals surface area contributed by atoms with Gasteiger partial charge in [0.2, 0.25) is 21.8 Å². The van der Waals surface area contributed by atoms with E-state index in [0.717, 1.165) is 11.3 Å². The second-order valence-corrected chi connectivity index (χ2v) is 10.1. The smallest absolute Gasteiger partial charge is 0.242 e. The number of hydrogen-bond acceptors (Lipinski definition) is 6. The Morgan fingerprint density at radius 2 is 1.76 bits per heavy atom. The van der Waals surface area contributed by atoms with Crippen LogP contribution in [0.1, 0.15) is 32.8 Å². The van der Waals surface area contributed by atoms with Gasteiger partial charge in [-0.1, -0.05) is 20.8 Å². The molecule has 3 rings (SSSR count). The Bertz CT molecular complexity index is 1180. The highest BCUT2D eigenvalue weighted by atomic mass is 32.2. The lowest BCUT2D eigenvalue weighted by Gasteiger charge is -2.22. The Morgan fingerprint density at radius 3 is 2.38 bits per heavy atom. The molecular formula is C24H31N3O6S. The second kappa shape index (κ2) is 10.4. The summed E-state index contributed by atoms with van der Waals surface area (Å²) in [6, 6.07) is 8.58. The van der Waals surface area contributed by atoms with Gasteiger partial charge in [-0.3, -0.25) is 9.59 Å². The molecule has 0 spiro atoms. The van der Waals surface area contributed by atoms with Crippen molar-refractivity contribution in [2.45, 2.75) is 44.6 Å².